The zero-order valence-electron chi connectivity index (χ0n) is 11.0. The lowest BCUT2D eigenvalue weighted by Gasteiger charge is -2.19. The number of halogens is 3. The third-order valence-electron chi connectivity index (χ3n) is 3.27. The van der Waals surface area contributed by atoms with E-state index in [1.165, 1.54) is 6.07 Å². The van der Waals surface area contributed by atoms with E-state index in [9.17, 15) is 8.78 Å². The van der Waals surface area contributed by atoms with Gasteiger partial charge in [-0.1, -0.05) is 34.1 Å². The Bertz CT molecular complexity index is 617. The van der Waals surface area contributed by atoms with Crippen LogP contribution >= 0.6 is 15.9 Å². The summed E-state index contributed by atoms with van der Waals surface area (Å²) in [5.41, 5.74) is 4.95. The summed E-state index contributed by atoms with van der Waals surface area (Å²) in [6, 6.07) is 9.68. The van der Waals surface area contributed by atoms with Gasteiger partial charge < -0.3 is 0 Å². The number of nitrogens with one attached hydrogen (secondary N) is 1. The van der Waals surface area contributed by atoms with E-state index in [0.717, 1.165) is 21.7 Å². The van der Waals surface area contributed by atoms with Crippen LogP contribution in [0.2, 0.25) is 0 Å². The van der Waals surface area contributed by atoms with Crippen molar-refractivity contribution in [1.29, 1.82) is 0 Å². The fourth-order valence-electron chi connectivity index (χ4n) is 2.17. The maximum atomic E-state index is 13.7. The van der Waals surface area contributed by atoms with Crippen molar-refractivity contribution in [3.05, 3.63) is 69.2 Å². The fraction of sp³-hybridized carbons (Fsp3) is 0.200. The second-order valence-electron chi connectivity index (χ2n) is 4.64. The van der Waals surface area contributed by atoms with Gasteiger partial charge in [0.05, 0.1) is 6.04 Å². The molecule has 2 aromatic rings. The molecule has 1 unspecified atom stereocenters. The molecule has 2 aromatic carbocycles. The van der Waals surface area contributed by atoms with Crippen LogP contribution in [0.3, 0.4) is 0 Å². The van der Waals surface area contributed by atoms with Crippen LogP contribution in [0.4, 0.5) is 8.78 Å². The van der Waals surface area contributed by atoms with E-state index in [2.05, 4.69) is 21.4 Å². The molecule has 0 fully saturated rings. The predicted molar refractivity (Wildman–Crippen MR) is 79.0 cm³/mol. The van der Waals surface area contributed by atoms with E-state index < -0.39 is 11.6 Å². The number of hydrogen-bond acceptors (Lipinski definition) is 2. The van der Waals surface area contributed by atoms with Gasteiger partial charge in [-0.2, -0.15) is 0 Å². The zero-order valence-corrected chi connectivity index (χ0v) is 12.5. The summed E-state index contributed by atoms with van der Waals surface area (Å²) in [6.07, 6.45) is 0.275. The zero-order chi connectivity index (χ0) is 14.7. The minimum absolute atomic E-state index is 0.275. The molecule has 20 heavy (non-hydrogen) atoms. The minimum Gasteiger partial charge on any atom is -0.271 e. The van der Waals surface area contributed by atoms with E-state index in [-0.39, 0.29) is 12.5 Å². The molecule has 1 atom stereocenters. The summed E-state index contributed by atoms with van der Waals surface area (Å²) in [5.74, 6) is 3.92. The first kappa shape index (κ1) is 15.1. The van der Waals surface area contributed by atoms with Gasteiger partial charge in [0.25, 0.3) is 0 Å². The van der Waals surface area contributed by atoms with Crippen molar-refractivity contribution in [1.82, 2.24) is 5.43 Å². The van der Waals surface area contributed by atoms with Crippen LogP contribution in [-0.4, -0.2) is 0 Å². The SMILES string of the molecule is Cc1ccc(Br)cc1C(Cc1cccc(F)c1F)NN. The van der Waals surface area contributed by atoms with Crippen molar-refractivity contribution < 1.29 is 8.78 Å². The van der Waals surface area contributed by atoms with Crippen LogP contribution in [0.5, 0.6) is 0 Å². The smallest absolute Gasteiger partial charge is 0.162 e. The molecule has 0 spiro atoms. The summed E-state index contributed by atoms with van der Waals surface area (Å²) in [4.78, 5) is 0. The molecule has 0 saturated heterocycles. The van der Waals surface area contributed by atoms with Crippen molar-refractivity contribution in [3.8, 4) is 0 Å². The van der Waals surface area contributed by atoms with Crippen LogP contribution in [-0.2, 0) is 6.42 Å². The van der Waals surface area contributed by atoms with Gasteiger partial charge in [0.1, 0.15) is 0 Å². The molecule has 0 aliphatic rings. The van der Waals surface area contributed by atoms with E-state index >= 15 is 0 Å². The van der Waals surface area contributed by atoms with E-state index in [0.29, 0.717) is 5.56 Å². The first-order valence-electron chi connectivity index (χ1n) is 6.18. The van der Waals surface area contributed by atoms with E-state index in [1.54, 1.807) is 6.07 Å². The number of hydrazine groups is 1. The summed E-state index contributed by atoms with van der Waals surface area (Å²) in [6.45, 7) is 1.95. The lowest BCUT2D eigenvalue weighted by atomic mass is 9.95. The lowest BCUT2D eigenvalue weighted by Crippen LogP contribution is -2.30. The van der Waals surface area contributed by atoms with Gasteiger partial charge in [0.15, 0.2) is 11.6 Å². The molecule has 0 radical (unpaired) electrons. The van der Waals surface area contributed by atoms with Gasteiger partial charge >= 0.3 is 0 Å². The van der Waals surface area contributed by atoms with Crippen LogP contribution in [0.25, 0.3) is 0 Å². The molecule has 3 N–H and O–H groups in total. The normalized spacial score (nSPS) is 12.4. The molecule has 0 aliphatic heterocycles. The first-order valence-corrected chi connectivity index (χ1v) is 6.97. The Morgan fingerprint density at radius 3 is 2.70 bits per heavy atom. The van der Waals surface area contributed by atoms with Crippen molar-refractivity contribution in [2.45, 2.75) is 19.4 Å². The van der Waals surface area contributed by atoms with Gasteiger partial charge in [0, 0.05) is 4.47 Å². The highest BCUT2D eigenvalue weighted by atomic mass is 79.9. The van der Waals surface area contributed by atoms with Crippen molar-refractivity contribution in [2.24, 2.45) is 5.84 Å². The molecule has 106 valence electrons. The Labute approximate surface area is 125 Å². The highest BCUT2D eigenvalue weighted by molar-refractivity contribution is 9.10. The molecule has 2 nitrogen and oxygen atoms in total. The Morgan fingerprint density at radius 2 is 2.00 bits per heavy atom. The van der Waals surface area contributed by atoms with Crippen molar-refractivity contribution >= 4 is 15.9 Å². The summed E-state index contributed by atoms with van der Waals surface area (Å²) in [5, 5.41) is 0. The summed E-state index contributed by atoms with van der Waals surface area (Å²) in [7, 11) is 0. The molecule has 0 aliphatic carbocycles. The molecular weight excluding hydrogens is 326 g/mol. The summed E-state index contributed by atoms with van der Waals surface area (Å²) < 4.78 is 27.9. The molecular formula is C15H15BrF2N2. The highest BCUT2D eigenvalue weighted by Crippen LogP contribution is 2.26. The van der Waals surface area contributed by atoms with Crippen LogP contribution in [0.15, 0.2) is 40.9 Å². The molecule has 0 amide bonds. The number of benzene rings is 2. The lowest BCUT2D eigenvalue weighted by molar-refractivity contribution is 0.480. The number of rotatable bonds is 4. The molecule has 0 aromatic heterocycles. The molecule has 0 saturated carbocycles. The Kier molecular flexibility index (Phi) is 4.86. The fourth-order valence-corrected chi connectivity index (χ4v) is 2.55. The monoisotopic (exact) mass is 340 g/mol. The van der Waals surface area contributed by atoms with Gasteiger partial charge in [-0.05, 0) is 48.2 Å². The molecule has 0 bridgehead atoms. The van der Waals surface area contributed by atoms with Crippen molar-refractivity contribution in [3.63, 3.8) is 0 Å². The van der Waals surface area contributed by atoms with E-state index in [1.807, 2.05) is 25.1 Å². The molecule has 2 rings (SSSR count). The van der Waals surface area contributed by atoms with Gasteiger partial charge in [-0.15, -0.1) is 0 Å². The third kappa shape index (κ3) is 3.23. The number of nitrogens with two attached hydrogens (primary N) is 1. The average molecular weight is 341 g/mol. The first-order chi connectivity index (χ1) is 9.52. The minimum atomic E-state index is -0.843. The largest absolute Gasteiger partial charge is 0.271 e. The quantitative estimate of drug-likeness (QED) is 0.656. The average Bonchev–Trinajstić information content (AvgIpc) is 2.43. The standard InChI is InChI=1S/C15H15BrF2N2/c1-9-5-6-11(16)8-12(9)14(20-19)7-10-3-2-4-13(17)15(10)18/h2-6,8,14,20H,7,19H2,1H3. The van der Waals surface area contributed by atoms with Gasteiger partial charge in [-0.25, -0.2) is 8.78 Å². The highest BCUT2D eigenvalue weighted by Gasteiger charge is 2.17. The Morgan fingerprint density at radius 1 is 1.25 bits per heavy atom. The third-order valence-corrected chi connectivity index (χ3v) is 3.77. The topological polar surface area (TPSA) is 38.0 Å². The van der Waals surface area contributed by atoms with E-state index in [4.69, 9.17) is 5.84 Å². The second kappa shape index (κ2) is 6.43. The number of aryl methyl sites for hydroxylation is 1. The van der Waals surface area contributed by atoms with Crippen LogP contribution < -0.4 is 11.3 Å². The number of hydrogen-bond donors (Lipinski definition) is 2. The van der Waals surface area contributed by atoms with Crippen LogP contribution in [0, 0.1) is 18.6 Å². The molecule has 5 heteroatoms. The van der Waals surface area contributed by atoms with Crippen molar-refractivity contribution in [2.75, 3.05) is 0 Å². The second-order valence-corrected chi connectivity index (χ2v) is 5.55. The maximum Gasteiger partial charge on any atom is 0.162 e. The Hall–Kier alpha value is -1.30. The summed E-state index contributed by atoms with van der Waals surface area (Å²) >= 11 is 3.40. The molecule has 0 heterocycles. The van der Waals surface area contributed by atoms with Gasteiger partial charge in [-0.3, -0.25) is 11.3 Å². The Balaban J connectivity index is 2.34. The van der Waals surface area contributed by atoms with Gasteiger partial charge in [0.2, 0.25) is 0 Å². The van der Waals surface area contributed by atoms with Crippen LogP contribution in [0.1, 0.15) is 22.7 Å². The maximum absolute atomic E-state index is 13.7. The predicted octanol–water partition coefficient (Wildman–Crippen LogP) is 3.78.